The predicted octanol–water partition coefficient (Wildman–Crippen LogP) is -0.663. The highest BCUT2D eigenvalue weighted by molar-refractivity contribution is 5.93. The molecule has 10 nitrogen and oxygen atoms in total. The molecule has 1 aliphatic rings. The summed E-state index contributed by atoms with van der Waals surface area (Å²) in [6.07, 6.45) is -0.152. The first-order valence-corrected chi connectivity index (χ1v) is 10.9. The Morgan fingerprint density at radius 3 is 2.55 bits per heavy atom. The summed E-state index contributed by atoms with van der Waals surface area (Å²) in [6, 6.07) is 1.11. The van der Waals surface area contributed by atoms with Gasteiger partial charge in [-0.2, -0.15) is 0 Å². The lowest BCUT2D eigenvalue weighted by molar-refractivity contribution is -0.873. The van der Waals surface area contributed by atoms with Crippen molar-refractivity contribution in [2.75, 3.05) is 58.8 Å². The molecule has 0 bridgehead atoms. The van der Waals surface area contributed by atoms with Gasteiger partial charge >= 0.3 is 5.97 Å². The van der Waals surface area contributed by atoms with Gasteiger partial charge in [-0.1, -0.05) is 0 Å². The molecular formula is C22H30FN5O5. The standard InChI is InChI=1S/C22H30FN5O5/c1-5-26-12-16(22(32)33-14(10-18(29)30)13-28(2,3)4)19(31)15-11-17(23)21(25-20(15)26)27-8-6-24-7-9-27/h11-12,14,24H,5-10,13H2,1-4H3. The lowest BCUT2D eigenvalue weighted by Gasteiger charge is -2.29. The maximum atomic E-state index is 14.9. The van der Waals surface area contributed by atoms with Crippen LogP contribution in [-0.2, 0) is 16.1 Å². The fraction of sp³-hybridized carbons (Fsp3) is 0.545. The summed E-state index contributed by atoms with van der Waals surface area (Å²) in [5.41, 5.74) is -0.743. The first-order chi connectivity index (χ1) is 15.5. The Labute approximate surface area is 191 Å². The quantitative estimate of drug-likeness (QED) is 0.405. The number of carbonyl (C=O) groups is 2. The van der Waals surface area contributed by atoms with Crippen molar-refractivity contribution in [1.29, 1.82) is 0 Å². The molecule has 0 radical (unpaired) electrons. The van der Waals surface area contributed by atoms with Gasteiger partial charge < -0.3 is 33.9 Å². The van der Waals surface area contributed by atoms with Crippen LogP contribution in [0.5, 0.6) is 0 Å². The maximum absolute atomic E-state index is 14.9. The van der Waals surface area contributed by atoms with Gasteiger partial charge in [0.05, 0.1) is 26.5 Å². The minimum absolute atomic E-state index is 0.0364. The van der Waals surface area contributed by atoms with Gasteiger partial charge in [0.1, 0.15) is 17.8 Å². The highest BCUT2D eigenvalue weighted by atomic mass is 19.1. The van der Waals surface area contributed by atoms with Gasteiger partial charge in [-0.15, -0.1) is 0 Å². The van der Waals surface area contributed by atoms with Crippen LogP contribution in [0.25, 0.3) is 11.0 Å². The van der Waals surface area contributed by atoms with Gasteiger partial charge in [-0.3, -0.25) is 4.79 Å². The number of aliphatic carboxylic acids is 1. The van der Waals surface area contributed by atoms with Crippen LogP contribution in [-0.4, -0.2) is 85.9 Å². The molecular weight excluding hydrogens is 433 g/mol. The van der Waals surface area contributed by atoms with Gasteiger partial charge in [-0.05, 0) is 13.0 Å². The van der Waals surface area contributed by atoms with Crippen LogP contribution in [0.15, 0.2) is 17.1 Å². The number of carboxylic acid groups (broad SMARTS) is 1. The Kier molecular flexibility index (Phi) is 7.33. The second kappa shape index (κ2) is 9.84. The molecule has 2 aromatic rings. The first kappa shape index (κ1) is 24.6. The number of ether oxygens (including phenoxy) is 1. The van der Waals surface area contributed by atoms with E-state index in [9.17, 15) is 23.9 Å². The second-order valence-electron chi connectivity index (χ2n) is 9.14. The molecule has 0 aromatic carbocycles. The number of rotatable bonds is 8. The number of anilines is 1. The molecule has 2 aromatic heterocycles. The average molecular weight is 464 g/mol. The summed E-state index contributed by atoms with van der Waals surface area (Å²) in [5.74, 6) is -2.81. The number of aromatic nitrogens is 2. The van der Waals surface area contributed by atoms with Crippen LogP contribution in [0.1, 0.15) is 23.7 Å². The molecule has 1 fully saturated rings. The zero-order valence-electron chi connectivity index (χ0n) is 19.4. The summed E-state index contributed by atoms with van der Waals surface area (Å²) in [7, 11) is 5.46. The smallest absolute Gasteiger partial charge is 0.344 e. The SMILES string of the molecule is CCn1cc(C(=O)OC(CC(=O)[O-])C[N+](C)(C)C)c(=O)c2cc(F)c(N3CCNCC3)nc21. The summed E-state index contributed by atoms with van der Waals surface area (Å²) in [5, 5.41) is 14.3. The monoisotopic (exact) mass is 463 g/mol. The molecule has 33 heavy (non-hydrogen) atoms. The molecule has 180 valence electrons. The van der Waals surface area contributed by atoms with E-state index in [4.69, 9.17) is 4.74 Å². The van der Waals surface area contributed by atoms with Crippen LogP contribution >= 0.6 is 0 Å². The number of likely N-dealkylation sites (N-methyl/N-ethyl adjacent to an activating group) is 1. The third kappa shape index (κ3) is 5.85. The number of pyridine rings is 2. The summed E-state index contributed by atoms with van der Waals surface area (Å²) in [4.78, 5) is 43.3. The fourth-order valence-corrected chi connectivity index (χ4v) is 3.92. The van der Waals surface area contributed by atoms with Crippen molar-refractivity contribution in [3.8, 4) is 0 Å². The number of hydrogen-bond donors (Lipinski definition) is 1. The molecule has 3 rings (SSSR count). The van der Waals surface area contributed by atoms with Crippen molar-refractivity contribution in [2.45, 2.75) is 26.0 Å². The van der Waals surface area contributed by atoms with Gasteiger partial charge in [0.15, 0.2) is 17.7 Å². The number of hydrogen-bond acceptors (Lipinski definition) is 8. The number of halogens is 1. The number of nitrogens with one attached hydrogen (secondary N) is 1. The van der Waals surface area contributed by atoms with Crippen LogP contribution in [0.2, 0.25) is 0 Å². The summed E-state index contributed by atoms with van der Waals surface area (Å²) >= 11 is 0. The van der Waals surface area contributed by atoms with Crippen molar-refractivity contribution >= 4 is 28.8 Å². The van der Waals surface area contributed by atoms with Crippen LogP contribution in [0.4, 0.5) is 10.2 Å². The number of aryl methyl sites for hydroxylation is 1. The van der Waals surface area contributed by atoms with Crippen molar-refractivity contribution in [3.63, 3.8) is 0 Å². The fourth-order valence-electron chi connectivity index (χ4n) is 3.92. The third-order valence-corrected chi connectivity index (χ3v) is 5.38. The van der Waals surface area contributed by atoms with Crippen LogP contribution in [0, 0.1) is 5.82 Å². The molecule has 0 aliphatic carbocycles. The van der Waals surface area contributed by atoms with Crippen molar-refractivity contribution in [1.82, 2.24) is 14.9 Å². The lowest BCUT2D eigenvalue weighted by Crippen LogP contribution is -2.45. The molecule has 1 saturated heterocycles. The molecule has 0 saturated carbocycles. The lowest BCUT2D eigenvalue weighted by atomic mass is 10.1. The van der Waals surface area contributed by atoms with E-state index in [2.05, 4.69) is 10.3 Å². The van der Waals surface area contributed by atoms with Crippen molar-refractivity contribution in [3.05, 3.63) is 33.9 Å². The van der Waals surface area contributed by atoms with E-state index in [1.807, 2.05) is 33.0 Å². The van der Waals surface area contributed by atoms with E-state index in [1.54, 1.807) is 4.57 Å². The Bertz CT molecular complexity index is 1110. The Morgan fingerprint density at radius 2 is 1.97 bits per heavy atom. The Hall–Kier alpha value is -3.05. The summed E-state index contributed by atoms with van der Waals surface area (Å²) in [6.45, 7) is 4.96. The first-order valence-electron chi connectivity index (χ1n) is 10.9. The molecule has 1 aliphatic heterocycles. The molecule has 1 N–H and O–H groups in total. The molecule has 1 atom stereocenters. The Morgan fingerprint density at radius 1 is 1.30 bits per heavy atom. The average Bonchev–Trinajstić information content (AvgIpc) is 2.73. The molecule has 11 heteroatoms. The number of carbonyl (C=O) groups excluding carboxylic acids is 2. The largest absolute Gasteiger partial charge is 0.550 e. The normalized spacial score (nSPS) is 15.5. The summed E-state index contributed by atoms with van der Waals surface area (Å²) < 4.78 is 22.2. The van der Waals surface area contributed by atoms with Crippen molar-refractivity contribution < 1.29 is 28.3 Å². The molecule has 0 amide bonds. The zero-order chi connectivity index (χ0) is 24.3. The highest BCUT2D eigenvalue weighted by Crippen LogP contribution is 2.22. The van der Waals surface area contributed by atoms with E-state index in [-0.39, 0.29) is 29.0 Å². The molecule has 1 unspecified atom stereocenters. The second-order valence-corrected chi connectivity index (χ2v) is 9.14. The number of fused-ring (bicyclic) bond motifs is 1. The van der Waals surface area contributed by atoms with Crippen molar-refractivity contribution in [2.24, 2.45) is 0 Å². The molecule has 3 heterocycles. The van der Waals surface area contributed by atoms with Gasteiger partial charge in [0, 0.05) is 51.3 Å². The predicted molar refractivity (Wildman–Crippen MR) is 118 cm³/mol. The zero-order valence-corrected chi connectivity index (χ0v) is 19.4. The van der Waals surface area contributed by atoms with E-state index in [0.29, 0.717) is 37.2 Å². The van der Waals surface area contributed by atoms with E-state index in [0.717, 1.165) is 6.07 Å². The van der Waals surface area contributed by atoms with E-state index >= 15 is 0 Å². The maximum Gasteiger partial charge on any atom is 0.344 e. The topological polar surface area (TPSA) is 117 Å². The van der Waals surface area contributed by atoms with Crippen LogP contribution in [0.3, 0.4) is 0 Å². The van der Waals surface area contributed by atoms with Crippen LogP contribution < -0.4 is 20.8 Å². The number of piperazine rings is 1. The third-order valence-electron chi connectivity index (χ3n) is 5.38. The number of esters is 1. The minimum atomic E-state index is -1.36. The van der Waals surface area contributed by atoms with E-state index < -0.39 is 35.7 Å². The van der Waals surface area contributed by atoms with Gasteiger partial charge in [0.25, 0.3) is 0 Å². The molecule has 0 spiro atoms. The highest BCUT2D eigenvalue weighted by Gasteiger charge is 2.26. The Balaban J connectivity index is 2.01. The minimum Gasteiger partial charge on any atom is -0.550 e. The number of carboxylic acids is 1. The van der Waals surface area contributed by atoms with Gasteiger partial charge in [0.2, 0.25) is 5.43 Å². The number of nitrogens with zero attached hydrogens (tertiary/aromatic N) is 4. The van der Waals surface area contributed by atoms with E-state index in [1.165, 1.54) is 6.20 Å². The van der Waals surface area contributed by atoms with Gasteiger partial charge in [-0.25, -0.2) is 14.2 Å². The number of quaternary nitrogens is 1.